The second-order valence-corrected chi connectivity index (χ2v) is 9.78. The summed E-state index contributed by atoms with van der Waals surface area (Å²) >= 11 is 0. The summed E-state index contributed by atoms with van der Waals surface area (Å²) in [4.78, 5) is 40.9. The molecule has 6 rings (SSSR count). The third-order valence-electron chi connectivity index (χ3n) is 7.36. The molecule has 1 saturated heterocycles. The zero-order valence-electron chi connectivity index (χ0n) is 21.8. The van der Waals surface area contributed by atoms with E-state index in [1.54, 1.807) is 41.8 Å². The predicted octanol–water partition coefficient (Wildman–Crippen LogP) is 4.40. The molecule has 0 saturated carbocycles. The van der Waals surface area contributed by atoms with Crippen LogP contribution >= 0.6 is 0 Å². The van der Waals surface area contributed by atoms with E-state index >= 15 is 0 Å². The highest BCUT2D eigenvalue weighted by atomic mass is 16.2. The molecule has 3 aromatic rings. The second-order valence-electron chi connectivity index (χ2n) is 9.78. The lowest BCUT2D eigenvalue weighted by atomic mass is 10.1. The second kappa shape index (κ2) is 10.3. The van der Waals surface area contributed by atoms with Crippen molar-refractivity contribution in [2.24, 2.45) is 15.8 Å². The van der Waals surface area contributed by atoms with E-state index in [0.29, 0.717) is 23.8 Å². The number of fused-ring (bicyclic) bond motifs is 1. The minimum atomic E-state index is -0.275. The van der Waals surface area contributed by atoms with Crippen molar-refractivity contribution < 1.29 is 14.2 Å². The molecule has 4 heterocycles. The van der Waals surface area contributed by atoms with Crippen LogP contribution in [0, 0.1) is 0 Å². The fourth-order valence-electron chi connectivity index (χ4n) is 5.35. The topological polar surface area (TPSA) is 113 Å². The summed E-state index contributed by atoms with van der Waals surface area (Å²) in [5, 5.41) is 2.88. The molecule has 2 atom stereocenters. The first kappa shape index (κ1) is 25.3. The van der Waals surface area contributed by atoms with Gasteiger partial charge < -0.3 is 10.2 Å². The van der Waals surface area contributed by atoms with E-state index in [0.717, 1.165) is 40.9 Å². The van der Waals surface area contributed by atoms with Crippen LogP contribution in [0.4, 0.5) is 5.82 Å². The Bertz CT molecular complexity index is 1620. The third kappa shape index (κ3) is 4.47. The maximum Gasteiger partial charge on any atom is 0.264 e. The van der Waals surface area contributed by atoms with Gasteiger partial charge in [0.2, 0.25) is 11.6 Å². The van der Waals surface area contributed by atoms with E-state index in [1.807, 2.05) is 54.6 Å². The molecule has 2 amide bonds. The Morgan fingerprint density at radius 2 is 1.85 bits per heavy atom. The Kier molecular flexibility index (Phi) is 6.51. The van der Waals surface area contributed by atoms with Gasteiger partial charge in [-0.1, -0.05) is 36.9 Å². The Morgan fingerprint density at radius 3 is 2.62 bits per heavy atom. The van der Waals surface area contributed by atoms with E-state index in [1.165, 1.54) is 6.08 Å². The SMILES string of the molecule is C=CC(=O)N1CCCC1C1=C2C=NC=C[N+]2(N)C(c2ccc(C(=O)Nc3cc(-c4ccccc4)ccn3)cc2)=N1. The number of amidine groups is 1. The van der Waals surface area contributed by atoms with Crippen molar-refractivity contribution in [3.63, 3.8) is 0 Å². The summed E-state index contributed by atoms with van der Waals surface area (Å²) in [7, 11) is 0. The van der Waals surface area contributed by atoms with Crippen LogP contribution in [-0.2, 0) is 4.79 Å². The molecular weight excluding hydrogens is 502 g/mol. The first-order valence-electron chi connectivity index (χ1n) is 13.1. The smallest absolute Gasteiger partial charge is 0.264 e. The van der Waals surface area contributed by atoms with Crippen LogP contribution in [-0.4, -0.2) is 50.9 Å². The monoisotopic (exact) mass is 530 g/mol. The van der Waals surface area contributed by atoms with Gasteiger partial charge in [0.15, 0.2) is 0 Å². The molecule has 198 valence electrons. The fourth-order valence-corrected chi connectivity index (χ4v) is 5.35. The van der Waals surface area contributed by atoms with Crippen LogP contribution in [0.5, 0.6) is 0 Å². The third-order valence-corrected chi connectivity index (χ3v) is 7.36. The Balaban J connectivity index is 1.25. The molecule has 0 radical (unpaired) electrons. The van der Waals surface area contributed by atoms with E-state index in [2.05, 4.69) is 21.9 Å². The van der Waals surface area contributed by atoms with Gasteiger partial charge in [-0.25, -0.2) is 4.98 Å². The van der Waals surface area contributed by atoms with Crippen molar-refractivity contribution in [1.29, 1.82) is 0 Å². The number of amides is 2. The minimum Gasteiger partial charge on any atom is -0.330 e. The molecule has 1 fully saturated rings. The molecular formula is C31H28N7O2+. The lowest BCUT2D eigenvalue weighted by Gasteiger charge is -2.27. The van der Waals surface area contributed by atoms with E-state index < -0.39 is 0 Å². The van der Waals surface area contributed by atoms with Crippen molar-refractivity contribution in [2.45, 2.75) is 18.9 Å². The van der Waals surface area contributed by atoms with E-state index in [-0.39, 0.29) is 22.4 Å². The molecule has 3 aliphatic heterocycles. The van der Waals surface area contributed by atoms with Gasteiger partial charge in [-0.3, -0.25) is 14.6 Å². The molecule has 2 unspecified atom stereocenters. The summed E-state index contributed by atoms with van der Waals surface area (Å²) in [5.41, 5.74) is 4.68. The fraction of sp³-hybridized carbons (Fsp3) is 0.129. The van der Waals surface area contributed by atoms with Crippen LogP contribution in [0.3, 0.4) is 0 Å². The van der Waals surface area contributed by atoms with Gasteiger partial charge in [0.05, 0.1) is 24.0 Å². The number of carbonyl (C=O) groups is 2. The van der Waals surface area contributed by atoms with Gasteiger partial charge in [-0.15, -0.1) is 4.59 Å². The van der Waals surface area contributed by atoms with E-state index in [9.17, 15) is 9.59 Å². The Labute approximate surface area is 231 Å². The highest BCUT2D eigenvalue weighted by molar-refractivity contribution is 6.05. The molecule has 0 bridgehead atoms. The maximum atomic E-state index is 13.0. The molecule has 0 aliphatic carbocycles. The first-order valence-corrected chi connectivity index (χ1v) is 13.1. The molecule has 3 N–H and O–H groups in total. The molecule has 9 heteroatoms. The molecule has 0 spiro atoms. The van der Waals surface area contributed by atoms with Gasteiger partial charge >= 0.3 is 0 Å². The summed E-state index contributed by atoms with van der Waals surface area (Å²) < 4.78 is -0.160. The Hall–Kier alpha value is -4.99. The number of allylic oxidation sites excluding steroid dienone is 1. The van der Waals surface area contributed by atoms with Crippen molar-refractivity contribution in [1.82, 2.24) is 9.88 Å². The predicted molar refractivity (Wildman–Crippen MR) is 155 cm³/mol. The van der Waals surface area contributed by atoms with Gasteiger partial charge in [0.25, 0.3) is 11.7 Å². The number of anilines is 1. The normalized spacial score (nSPS) is 21.3. The van der Waals surface area contributed by atoms with E-state index in [4.69, 9.17) is 10.8 Å². The number of hydrogen-bond acceptors (Lipinski definition) is 6. The number of hydrogen-bond donors (Lipinski definition) is 2. The van der Waals surface area contributed by atoms with Crippen molar-refractivity contribution in [2.75, 3.05) is 11.9 Å². The number of carbonyl (C=O) groups excluding carboxylic acids is 2. The molecule has 40 heavy (non-hydrogen) atoms. The maximum absolute atomic E-state index is 13.0. The number of pyridine rings is 1. The average Bonchev–Trinajstić information content (AvgIpc) is 3.60. The number of rotatable bonds is 6. The van der Waals surface area contributed by atoms with Gasteiger partial charge in [0.1, 0.15) is 17.7 Å². The van der Waals surface area contributed by atoms with Crippen LogP contribution in [0.15, 0.2) is 119 Å². The highest BCUT2D eigenvalue weighted by Gasteiger charge is 2.48. The number of aliphatic imine (C=N–C) groups is 2. The van der Waals surface area contributed by atoms with Crippen LogP contribution in [0.25, 0.3) is 11.1 Å². The number of nitrogens with zero attached hydrogens (tertiary/aromatic N) is 5. The summed E-state index contributed by atoms with van der Waals surface area (Å²) in [6, 6.07) is 20.6. The van der Waals surface area contributed by atoms with Gasteiger partial charge in [-0.2, -0.15) is 10.8 Å². The number of nitrogens with one attached hydrogen (secondary N) is 1. The zero-order valence-corrected chi connectivity index (χ0v) is 21.8. The molecule has 2 aromatic carbocycles. The first-order chi connectivity index (χ1) is 19.5. The number of likely N-dealkylation sites (tertiary alicyclic amines) is 1. The summed E-state index contributed by atoms with van der Waals surface area (Å²) in [6.45, 7) is 4.29. The molecule has 3 aliphatic rings. The van der Waals surface area contributed by atoms with Gasteiger partial charge in [-0.05, 0) is 66.4 Å². The number of quaternary nitrogens is 1. The lowest BCUT2D eigenvalue weighted by Crippen LogP contribution is -2.53. The largest absolute Gasteiger partial charge is 0.330 e. The number of aromatic nitrogens is 1. The Morgan fingerprint density at radius 1 is 1.05 bits per heavy atom. The van der Waals surface area contributed by atoms with Crippen molar-refractivity contribution in [3.8, 4) is 11.1 Å². The zero-order chi connectivity index (χ0) is 27.7. The minimum absolute atomic E-state index is 0.128. The highest BCUT2D eigenvalue weighted by Crippen LogP contribution is 2.37. The average molecular weight is 531 g/mol. The van der Waals surface area contributed by atoms with Crippen LogP contribution < -0.4 is 11.2 Å². The van der Waals surface area contributed by atoms with Crippen LogP contribution in [0.2, 0.25) is 0 Å². The molecule has 1 aromatic heterocycles. The molecule has 9 nitrogen and oxygen atoms in total. The quantitative estimate of drug-likeness (QED) is 0.279. The summed E-state index contributed by atoms with van der Waals surface area (Å²) in [6.07, 6.45) is 9.78. The van der Waals surface area contributed by atoms with Crippen molar-refractivity contribution in [3.05, 3.63) is 121 Å². The number of nitrogens with two attached hydrogens (primary N) is 1. The van der Waals surface area contributed by atoms with Gasteiger partial charge in [0, 0.05) is 18.3 Å². The van der Waals surface area contributed by atoms with Crippen molar-refractivity contribution >= 4 is 29.7 Å². The standard InChI is InChI=1S/C31H27N7O2/c1-2-28(39)37-17-6-9-25(37)29-26-20-33-16-18-38(26,32)30(36-29)22-10-12-23(13-11-22)31(40)35-27-19-24(14-15-34-27)21-7-4-3-5-8-21/h2-5,7-8,10-16,18-20,25H,1,6,9,17,32H2/p+1. The van der Waals surface area contributed by atoms with Crippen LogP contribution in [0.1, 0.15) is 28.8 Å². The number of benzene rings is 2. The lowest BCUT2D eigenvalue weighted by molar-refractivity contribution is -0.750. The summed E-state index contributed by atoms with van der Waals surface area (Å²) in [5.74, 6) is 7.53.